The van der Waals surface area contributed by atoms with Gasteiger partial charge in [-0.15, -0.1) is 0 Å². The number of rotatable bonds is 51. The molecule has 0 aliphatic heterocycles. The molecule has 61 heavy (non-hydrogen) atoms. The highest BCUT2D eigenvalue weighted by molar-refractivity contribution is 5.76. The lowest BCUT2D eigenvalue weighted by Crippen LogP contribution is -2.45. The normalized spacial score (nSPS) is 13.0. The van der Waals surface area contributed by atoms with Crippen molar-refractivity contribution in [1.82, 2.24) is 5.32 Å². The van der Waals surface area contributed by atoms with Gasteiger partial charge >= 0.3 is 0 Å². The lowest BCUT2D eigenvalue weighted by molar-refractivity contribution is -0.123. The zero-order valence-electron chi connectivity index (χ0n) is 41.4. The highest BCUT2D eigenvalue weighted by Crippen LogP contribution is 2.17. The molecule has 0 bridgehead atoms. The van der Waals surface area contributed by atoms with E-state index in [1.54, 1.807) is 6.08 Å². The van der Waals surface area contributed by atoms with Crippen LogP contribution in [0.4, 0.5) is 0 Å². The lowest BCUT2D eigenvalue weighted by Gasteiger charge is -2.19. The number of unbranched alkanes of at least 4 members (excludes halogenated alkanes) is 40. The van der Waals surface area contributed by atoms with Crippen LogP contribution in [0.3, 0.4) is 0 Å². The minimum atomic E-state index is -0.868. The maximum atomic E-state index is 12.4. The van der Waals surface area contributed by atoms with Crippen LogP contribution in [-0.2, 0) is 4.79 Å². The van der Waals surface area contributed by atoms with Gasteiger partial charge in [-0.05, 0) is 44.9 Å². The quantitative estimate of drug-likeness (QED) is 0.0422. The molecule has 0 aromatic carbocycles. The number of carbonyl (C=O) groups is 1. The van der Waals surface area contributed by atoms with Crippen molar-refractivity contribution >= 4 is 5.91 Å². The topological polar surface area (TPSA) is 69.6 Å². The van der Waals surface area contributed by atoms with Crippen molar-refractivity contribution in [1.29, 1.82) is 0 Å². The molecule has 0 spiro atoms. The van der Waals surface area contributed by atoms with Crippen LogP contribution in [0.5, 0.6) is 0 Å². The summed E-state index contributed by atoms with van der Waals surface area (Å²) in [6.45, 7) is 4.31. The van der Waals surface area contributed by atoms with Crippen LogP contribution in [0.15, 0.2) is 36.5 Å². The molecule has 0 aromatic rings. The molecule has 2 unspecified atom stereocenters. The first-order valence-corrected chi connectivity index (χ1v) is 27.7. The van der Waals surface area contributed by atoms with E-state index in [-0.39, 0.29) is 12.5 Å². The molecule has 0 rings (SSSR count). The third-order valence-corrected chi connectivity index (χ3v) is 12.9. The number of nitrogens with one attached hydrogen (secondary N) is 1. The van der Waals surface area contributed by atoms with Gasteiger partial charge in [-0.1, -0.05) is 288 Å². The Bertz CT molecular complexity index is 928. The zero-order chi connectivity index (χ0) is 44.2. The Morgan fingerprint density at radius 2 is 0.639 bits per heavy atom. The summed E-state index contributed by atoms with van der Waals surface area (Å²) in [5, 5.41) is 23.1. The molecule has 0 aliphatic rings. The van der Waals surface area contributed by atoms with Crippen LogP contribution >= 0.6 is 0 Å². The molecule has 1 amide bonds. The maximum Gasteiger partial charge on any atom is 0.220 e. The second-order valence-corrected chi connectivity index (χ2v) is 19.0. The average Bonchev–Trinajstić information content (AvgIpc) is 3.26. The smallest absolute Gasteiger partial charge is 0.220 e. The second-order valence-electron chi connectivity index (χ2n) is 19.0. The molecule has 360 valence electrons. The van der Waals surface area contributed by atoms with Crippen molar-refractivity contribution in [3.05, 3.63) is 36.5 Å². The highest BCUT2D eigenvalue weighted by Gasteiger charge is 2.18. The van der Waals surface area contributed by atoms with E-state index < -0.39 is 12.1 Å². The first kappa shape index (κ1) is 59.6. The lowest BCUT2D eigenvalue weighted by atomic mass is 10.0. The van der Waals surface area contributed by atoms with Crippen LogP contribution in [0, 0.1) is 0 Å². The summed E-state index contributed by atoms with van der Waals surface area (Å²) in [6, 6.07) is -0.643. The second kappa shape index (κ2) is 53.0. The van der Waals surface area contributed by atoms with Gasteiger partial charge in [0.15, 0.2) is 0 Å². The number of hydrogen-bond donors (Lipinski definition) is 3. The number of aliphatic hydroxyl groups is 2. The highest BCUT2D eigenvalue weighted by atomic mass is 16.3. The van der Waals surface area contributed by atoms with Gasteiger partial charge < -0.3 is 15.5 Å². The predicted octanol–water partition coefficient (Wildman–Crippen LogP) is 18.1. The third-order valence-electron chi connectivity index (χ3n) is 12.9. The van der Waals surface area contributed by atoms with Crippen molar-refractivity contribution in [3.8, 4) is 0 Å². The molecular formula is C57H109NO3. The number of allylic oxidation sites excluding steroid dienone is 5. The fourth-order valence-electron chi connectivity index (χ4n) is 8.63. The van der Waals surface area contributed by atoms with Crippen LogP contribution < -0.4 is 5.32 Å². The monoisotopic (exact) mass is 856 g/mol. The van der Waals surface area contributed by atoms with Gasteiger partial charge in [0, 0.05) is 6.42 Å². The van der Waals surface area contributed by atoms with E-state index in [1.165, 1.54) is 244 Å². The van der Waals surface area contributed by atoms with E-state index in [4.69, 9.17) is 0 Å². The van der Waals surface area contributed by atoms with Gasteiger partial charge in [0.05, 0.1) is 18.8 Å². The van der Waals surface area contributed by atoms with Crippen LogP contribution in [0.1, 0.15) is 303 Å². The van der Waals surface area contributed by atoms with Crippen LogP contribution in [-0.4, -0.2) is 34.9 Å². The van der Waals surface area contributed by atoms with Gasteiger partial charge in [0.25, 0.3) is 0 Å². The summed E-state index contributed by atoms with van der Waals surface area (Å²) in [4.78, 5) is 12.4. The molecular weight excluding hydrogens is 747 g/mol. The Kier molecular flexibility index (Phi) is 51.7. The van der Waals surface area contributed by atoms with E-state index in [2.05, 4.69) is 43.5 Å². The summed E-state index contributed by atoms with van der Waals surface area (Å²) < 4.78 is 0. The molecule has 0 saturated heterocycles. The molecule has 0 radical (unpaired) electrons. The van der Waals surface area contributed by atoms with Crippen molar-refractivity contribution < 1.29 is 15.0 Å². The number of hydrogen-bond acceptors (Lipinski definition) is 3. The van der Waals surface area contributed by atoms with E-state index >= 15 is 0 Å². The largest absolute Gasteiger partial charge is 0.394 e. The zero-order valence-corrected chi connectivity index (χ0v) is 41.4. The maximum absolute atomic E-state index is 12.4. The van der Waals surface area contributed by atoms with Gasteiger partial charge in [-0.3, -0.25) is 4.79 Å². The number of carbonyl (C=O) groups excluding carboxylic acids is 1. The van der Waals surface area contributed by atoms with Crippen LogP contribution in [0.2, 0.25) is 0 Å². The Morgan fingerprint density at radius 1 is 0.377 bits per heavy atom. The van der Waals surface area contributed by atoms with E-state index in [0.29, 0.717) is 6.42 Å². The number of amides is 1. The summed E-state index contributed by atoms with van der Waals surface area (Å²) in [5.41, 5.74) is 0. The minimum Gasteiger partial charge on any atom is -0.394 e. The Labute approximate surface area is 382 Å². The van der Waals surface area contributed by atoms with Crippen molar-refractivity contribution in [3.63, 3.8) is 0 Å². The molecule has 0 fully saturated rings. The summed E-state index contributed by atoms with van der Waals surface area (Å²) in [7, 11) is 0. The van der Waals surface area contributed by atoms with E-state index in [0.717, 1.165) is 38.5 Å². The van der Waals surface area contributed by atoms with Crippen molar-refractivity contribution in [2.24, 2.45) is 0 Å². The standard InChI is InChI=1S/C57H109NO3/c1-3-5-7-9-11-13-15-17-19-21-22-23-24-25-26-27-28-29-30-31-32-33-34-35-37-39-41-43-45-47-49-51-53-57(61)58-55(54-59)56(60)52-50-48-46-44-42-40-38-36-20-18-16-14-12-10-8-6-4-2/h20,36,42,44,50,52,55-56,59-60H,3-19,21-35,37-41,43,45-49,51,53-54H2,1-2H3,(H,58,61)/b36-20+,44-42+,52-50+. The van der Waals surface area contributed by atoms with Crippen LogP contribution in [0.25, 0.3) is 0 Å². The molecule has 3 N–H and O–H groups in total. The Morgan fingerprint density at radius 3 is 0.951 bits per heavy atom. The van der Waals surface area contributed by atoms with E-state index in [1.807, 2.05) is 6.08 Å². The van der Waals surface area contributed by atoms with Gasteiger partial charge in [0.1, 0.15) is 0 Å². The summed E-state index contributed by atoms with van der Waals surface area (Å²) >= 11 is 0. The molecule has 0 aromatic heterocycles. The molecule has 0 saturated carbocycles. The molecule has 0 aliphatic carbocycles. The first-order chi connectivity index (χ1) is 30.2. The molecule has 0 heterocycles. The van der Waals surface area contributed by atoms with Gasteiger partial charge in [0.2, 0.25) is 5.91 Å². The van der Waals surface area contributed by atoms with Gasteiger partial charge in [-0.2, -0.15) is 0 Å². The first-order valence-electron chi connectivity index (χ1n) is 27.7. The average molecular weight is 857 g/mol. The Hall–Kier alpha value is -1.39. The fourth-order valence-corrected chi connectivity index (χ4v) is 8.63. The third kappa shape index (κ3) is 49.5. The molecule has 4 heteroatoms. The molecule has 4 nitrogen and oxygen atoms in total. The SMILES string of the molecule is CCCCCCCCC/C=C/CC/C=C/CC/C=C/C(O)C(CO)NC(=O)CCCCCCCCCCCCCCCCCCCCCCCCCCCCCCCCCC. The van der Waals surface area contributed by atoms with Gasteiger partial charge in [-0.25, -0.2) is 0 Å². The van der Waals surface area contributed by atoms with Crippen molar-refractivity contribution in [2.45, 2.75) is 315 Å². The number of aliphatic hydroxyl groups excluding tert-OH is 2. The van der Waals surface area contributed by atoms with Crippen molar-refractivity contribution in [2.75, 3.05) is 6.61 Å². The fraction of sp³-hybridized carbons (Fsp3) is 0.877. The molecule has 2 atom stereocenters. The minimum absolute atomic E-state index is 0.0727. The summed E-state index contributed by atoms with van der Waals surface area (Å²) in [6.07, 6.45) is 71.7. The predicted molar refractivity (Wildman–Crippen MR) is 272 cm³/mol. The summed E-state index contributed by atoms with van der Waals surface area (Å²) in [5.74, 6) is -0.0727. The van der Waals surface area contributed by atoms with E-state index in [9.17, 15) is 15.0 Å². The Balaban J connectivity index is 3.46.